The number of piperidine rings is 1. The Morgan fingerprint density at radius 1 is 1.38 bits per heavy atom. The Hall–Kier alpha value is -1.82. The zero-order valence-electron chi connectivity index (χ0n) is 12.6. The van der Waals surface area contributed by atoms with Crippen LogP contribution in [-0.4, -0.2) is 46.6 Å². The first-order chi connectivity index (χ1) is 9.97. The number of aromatic hydroxyl groups is 1. The molecule has 1 aromatic heterocycles. The molecule has 1 aromatic rings. The molecule has 6 heteroatoms. The minimum absolute atomic E-state index is 0.0498. The molecule has 0 aromatic carbocycles. The lowest BCUT2D eigenvalue weighted by molar-refractivity contribution is 0.0657. The normalized spacial score (nSPS) is 16.1. The molecule has 1 aliphatic heterocycles. The van der Waals surface area contributed by atoms with Gasteiger partial charge in [0.2, 0.25) is 0 Å². The second kappa shape index (κ2) is 6.76. The zero-order valence-corrected chi connectivity index (χ0v) is 12.6. The van der Waals surface area contributed by atoms with Crippen LogP contribution in [0.3, 0.4) is 0 Å². The molecule has 1 saturated heterocycles. The topological polar surface area (TPSA) is 85.4 Å². The molecule has 116 valence electrons. The van der Waals surface area contributed by atoms with Gasteiger partial charge < -0.3 is 15.3 Å². The molecule has 3 N–H and O–H groups in total. The number of rotatable bonds is 4. The molecular formula is C15H23N3O3. The standard InChI is InChI=1S/C15H23N3O3/c1-10(2)18(9-11-3-5-16-6-4-11)15(21)12-7-13(19)17-14(20)8-12/h7-8,10-11,16H,3-6,9H2,1-2H3,(H2,17,19,20). The summed E-state index contributed by atoms with van der Waals surface area (Å²) in [5.74, 6) is -0.00505. The summed E-state index contributed by atoms with van der Waals surface area (Å²) in [6.07, 6.45) is 2.11. The van der Waals surface area contributed by atoms with Crippen molar-refractivity contribution in [3.63, 3.8) is 0 Å². The molecule has 2 rings (SSSR count). The number of hydrogen-bond donors (Lipinski definition) is 3. The predicted molar refractivity (Wildman–Crippen MR) is 80.5 cm³/mol. The van der Waals surface area contributed by atoms with Crippen LogP contribution in [0.1, 0.15) is 37.0 Å². The minimum atomic E-state index is -0.469. The molecule has 0 atom stereocenters. The zero-order chi connectivity index (χ0) is 15.4. The van der Waals surface area contributed by atoms with E-state index in [0.717, 1.165) is 25.9 Å². The highest BCUT2D eigenvalue weighted by molar-refractivity contribution is 5.94. The van der Waals surface area contributed by atoms with Gasteiger partial charge in [0.15, 0.2) is 5.88 Å². The number of nitrogens with zero attached hydrogens (tertiary/aromatic N) is 1. The van der Waals surface area contributed by atoms with E-state index in [2.05, 4.69) is 10.3 Å². The van der Waals surface area contributed by atoms with Gasteiger partial charge in [-0.1, -0.05) is 0 Å². The maximum Gasteiger partial charge on any atom is 0.254 e. The van der Waals surface area contributed by atoms with Crippen LogP contribution in [0.2, 0.25) is 0 Å². The second-order valence-electron chi connectivity index (χ2n) is 5.86. The number of nitrogens with one attached hydrogen (secondary N) is 2. The van der Waals surface area contributed by atoms with Crippen molar-refractivity contribution in [3.8, 4) is 5.88 Å². The molecule has 0 spiro atoms. The Morgan fingerprint density at radius 3 is 2.62 bits per heavy atom. The fourth-order valence-electron chi connectivity index (χ4n) is 2.69. The van der Waals surface area contributed by atoms with Gasteiger partial charge in [0.05, 0.1) is 5.56 Å². The molecule has 6 nitrogen and oxygen atoms in total. The lowest BCUT2D eigenvalue weighted by atomic mass is 9.96. The van der Waals surface area contributed by atoms with Gasteiger partial charge in [-0.2, -0.15) is 0 Å². The number of aromatic amines is 1. The van der Waals surface area contributed by atoms with Crippen molar-refractivity contribution in [3.05, 3.63) is 28.0 Å². The highest BCUT2D eigenvalue weighted by Gasteiger charge is 2.24. The number of H-pyrrole nitrogens is 1. The van der Waals surface area contributed by atoms with Crippen LogP contribution in [0, 0.1) is 5.92 Å². The molecule has 1 amide bonds. The van der Waals surface area contributed by atoms with Crippen LogP contribution >= 0.6 is 0 Å². The van der Waals surface area contributed by atoms with E-state index >= 15 is 0 Å². The third-order valence-corrected chi connectivity index (χ3v) is 3.87. The highest BCUT2D eigenvalue weighted by atomic mass is 16.3. The average Bonchev–Trinajstić information content (AvgIpc) is 2.44. The molecule has 0 bridgehead atoms. The van der Waals surface area contributed by atoms with E-state index in [9.17, 15) is 14.7 Å². The minimum Gasteiger partial charge on any atom is -0.494 e. The number of carbonyl (C=O) groups is 1. The molecule has 21 heavy (non-hydrogen) atoms. The van der Waals surface area contributed by atoms with Crippen molar-refractivity contribution in [2.75, 3.05) is 19.6 Å². The molecule has 1 fully saturated rings. The maximum absolute atomic E-state index is 12.6. The van der Waals surface area contributed by atoms with Gasteiger partial charge in [-0.15, -0.1) is 0 Å². The Kier molecular flexibility index (Phi) is 5.01. The fraction of sp³-hybridized carbons (Fsp3) is 0.600. The number of pyridine rings is 1. The molecule has 0 saturated carbocycles. The van der Waals surface area contributed by atoms with E-state index in [1.165, 1.54) is 12.1 Å². The number of aromatic nitrogens is 1. The fourth-order valence-corrected chi connectivity index (χ4v) is 2.69. The summed E-state index contributed by atoms with van der Waals surface area (Å²) in [4.78, 5) is 28.0. The first-order valence-corrected chi connectivity index (χ1v) is 7.42. The Morgan fingerprint density at radius 2 is 2.05 bits per heavy atom. The van der Waals surface area contributed by atoms with E-state index in [-0.39, 0.29) is 23.4 Å². The van der Waals surface area contributed by atoms with Crippen molar-refractivity contribution in [1.29, 1.82) is 0 Å². The van der Waals surface area contributed by atoms with Crippen LogP contribution in [-0.2, 0) is 0 Å². The van der Waals surface area contributed by atoms with E-state index in [4.69, 9.17) is 0 Å². The Balaban J connectivity index is 2.16. The second-order valence-corrected chi connectivity index (χ2v) is 5.86. The molecular weight excluding hydrogens is 270 g/mol. The van der Waals surface area contributed by atoms with Gasteiger partial charge in [0, 0.05) is 24.7 Å². The van der Waals surface area contributed by atoms with E-state index in [0.29, 0.717) is 12.5 Å². The Labute approximate surface area is 124 Å². The van der Waals surface area contributed by atoms with E-state index in [1.807, 2.05) is 13.8 Å². The quantitative estimate of drug-likeness (QED) is 0.771. The van der Waals surface area contributed by atoms with Gasteiger partial charge in [0.1, 0.15) is 0 Å². The lowest BCUT2D eigenvalue weighted by Gasteiger charge is -2.33. The molecule has 0 aliphatic carbocycles. The summed E-state index contributed by atoms with van der Waals surface area (Å²) >= 11 is 0. The Bertz CT molecular complexity index is 547. The molecule has 1 aliphatic rings. The number of carbonyl (C=O) groups excluding carboxylic acids is 1. The average molecular weight is 293 g/mol. The molecule has 0 radical (unpaired) electrons. The molecule has 2 heterocycles. The van der Waals surface area contributed by atoms with Crippen LogP contribution < -0.4 is 10.9 Å². The lowest BCUT2D eigenvalue weighted by Crippen LogP contribution is -2.43. The summed E-state index contributed by atoms with van der Waals surface area (Å²) in [6, 6.07) is 2.59. The largest absolute Gasteiger partial charge is 0.494 e. The van der Waals surface area contributed by atoms with Crippen LogP contribution in [0.5, 0.6) is 5.88 Å². The highest BCUT2D eigenvalue weighted by Crippen LogP contribution is 2.18. The van der Waals surface area contributed by atoms with E-state index in [1.54, 1.807) is 4.90 Å². The van der Waals surface area contributed by atoms with Crippen molar-refractivity contribution in [2.24, 2.45) is 5.92 Å². The van der Waals surface area contributed by atoms with Crippen molar-refractivity contribution in [1.82, 2.24) is 15.2 Å². The smallest absolute Gasteiger partial charge is 0.254 e. The maximum atomic E-state index is 12.6. The third kappa shape index (κ3) is 4.07. The number of amides is 1. The SMILES string of the molecule is CC(C)N(CC1CCNCC1)C(=O)c1cc(O)[nH]c(=O)c1. The van der Waals surface area contributed by atoms with Gasteiger partial charge in [-0.3, -0.25) is 14.6 Å². The van der Waals surface area contributed by atoms with E-state index < -0.39 is 5.56 Å². The van der Waals surface area contributed by atoms with Gasteiger partial charge >= 0.3 is 0 Å². The molecule has 0 unspecified atom stereocenters. The number of hydrogen-bond acceptors (Lipinski definition) is 4. The summed E-state index contributed by atoms with van der Waals surface area (Å²) < 4.78 is 0. The van der Waals surface area contributed by atoms with Gasteiger partial charge in [-0.25, -0.2) is 0 Å². The monoisotopic (exact) mass is 293 g/mol. The third-order valence-electron chi connectivity index (χ3n) is 3.87. The summed E-state index contributed by atoms with van der Waals surface area (Å²) in [5, 5.41) is 12.8. The van der Waals surface area contributed by atoms with Crippen molar-refractivity contribution in [2.45, 2.75) is 32.7 Å². The summed E-state index contributed by atoms with van der Waals surface area (Å²) in [5.41, 5.74) is -0.234. The van der Waals surface area contributed by atoms with Gasteiger partial charge in [0.25, 0.3) is 11.5 Å². The van der Waals surface area contributed by atoms with Crippen LogP contribution in [0.25, 0.3) is 0 Å². The van der Waals surface area contributed by atoms with Crippen molar-refractivity contribution >= 4 is 5.91 Å². The first kappa shape index (κ1) is 15.6. The predicted octanol–water partition coefficient (Wildman–Crippen LogP) is 0.931. The van der Waals surface area contributed by atoms with Crippen LogP contribution in [0.4, 0.5) is 0 Å². The summed E-state index contributed by atoms with van der Waals surface area (Å²) in [6.45, 7) is 6.58. The first-order valence-electron chi connectivity index (χ1n) is 7.42. The van der Waals surface area contributed by atoms with Crippen molar-refractivity contribution < 1.29 is 9.90 Å². The van der Waals surface area contributed by atoms with Crippen LogP contribution in [0.15, 0.2) is 16.9 Å². The summed E-state index contributed by atoms with van der Waals surface area (Å²) in [7, 11) is 0. The van der Waals surface area contributed by atoms with Gasteiger partial charge in [-0.05, 0) is 45.7 Å².